The van der Waals surface area contributed by atoms with Crippen LogP contribution in [0.15, 0.2) is 17.5 Å². The normalized spacial score (nSPS) is 10.3. The lowest BCUT2D eigenvalue weighted by Crippen LogP contribution is -2.03. The molecular weight excluding hydrogens is 255 g/mol. The molecule has 0 saturated carbocycles. The molecule has 0 spiro atoms. The van der Waals surface area contributed by atoms with Gasteiger partial charge in [0.25, 0.3) is 0 Å². The largest absolute Gasteiger partial charge is 0.362 e. The van der Waals surface area contributed by atoms with Crippen molar-refractivity contribution in [2.24, 2.45) is 0 Å². The summed E-state index contributed by atoms with van der Waals surface area (Å²) in [7, 11) is 0. The second-order valence-electron chi connectivity index (χ2n) is 2.65. The van der Waals surface area contributed by atoms with Gasteiger partial charge < -0.3 is 5.32 Å². The Morgan fingerprint density at radius 3 is 2.93 bits per heavy atom. The average Bonchev–Trinajstić information content (AvgIpc) is 2.72. The van der Waals surface area contributed by atoms with E-state index >= 15 is 0 Å². The Morgan fingerprint density at radius 2 is 2.20 bits per heavy atom. The van der Waals surface area contributed by atoms with Crippen LogP contribution in [0.2, 0.25) is 10.4 Å². The van der Waals surface area contributed by atoms with Crippen molar-refractivity contribution in [2.45, 2.75) is 6.54 Å². The first kappa shape index (κ1) is 10.6. The highest BCUT2D eigenvalue weighted by Gasteiger charge is 2.05. The van der Waals surface area contributed by atoms with Crippen LogP contribution >= 0.6 is 34.5 Å². The van der Waals surface area contributed by atoms with Crippen molar-refractivity contribution >= 4 is 40.4 Å². The first-order valence-electron chi connectivity index (χ1n) is 4.07. The molecule has 2 heterocycles. The number of hydrogen-bond donors (Lipinski definition) is 1. The van der Waals surface area contributed by atoms with E-state index in [9.17, 15) is 0 Å². The monoisotopic (exact) mass is 260 g/mol. The zero-order valence-corrected chi connectivity index (χ0v) is 9.77. The molecule has 2 aromatic heterocycles. The van der Waals surface area contributed by atoms with Gasteiger partial charge in [-0.25, -0.2) is 0 Å². The number of thiophene rings is 1. The molecule has 0 bridgehead atoms. The van der Waals surface area contributed by atoms with E-state index in [2.05, 4.69) is 20.5 Å². The van der Waals surface area contributed by atoms with E-state index in [1.54, 1.807) is 11.3 Å². The van der Waals surface area contributed by atoms with E-state index in [1.807, 2.05) is 17.5 Å². The van der Waals surface area contributed by atoms with E-state index < -0.39 is 0 Å². The van der Waals surface area contributed by atoms with Crippen LogP contribution in [0.5, 0.6) is 0 Å². The average molecular weight is 261 g/mol. The summed E-state index contributed by atoms with van der Waals surface area (Å²) in [6.07, 6.45) is 0. The maximum atomic E-state index is 5.78. The fourth-order valence-electron chi connectivity index (χ4n) is 0.990. The Morgan fingerprint density at radius 1 is 1.33 bits per heavy atom. The summed E-state index contributed by atoms with van der Waals surface area (Å²) in [5.74, 6) is 0.449. The molecule has 0 saturated heterocycles. The molecule has 7 heteroatoms. The SMILES string of the molecule is Clc1nnc(Cl)c(NCc2cccs2)n1. The highest BCUT2D eigenvalue weighted by Crippen LogP contribution is 2.18. The maximum absolute atomic E-state index is 5.78. The van der Waals surface area contributed by atoms with E-state index in [0.29, 0.717) is 12.4 Å². The molecular formula is C8H6Cl2N4S. The molecule has 0 aliphatic rings. The molecule has 0 fully saturated rings. The number of anilines is 1. The van der Waals surface area contributed by atoms with Gasteiger partial charge in [-0.1, -0.05) is 17.7 Å². The van der Waals surface area contributed by atoms with Crippen molar-refractivity contribution < 1.29 is 0 Å². The van der Waals surface area contributed by atoms with Gasteiger partial charge in [0.2, 0.25) is 5.28 Å². The number of rotatable bonds is 3. The van der Waals surface area contributed by atoms with Gasteiger partial charge in [0.15, 0.2) is 11.0 Å². The number of nitrogens with one attached hydrogen (secondary N) is 1. The fraction of sp³-hybridized carbons (Fsp3) is 0.125. The van der Waals surface area contributed by atoms with Crippen molar-refractivity contribution in [1.29, 1.82) is 0 Å². The van der Waals surface area contributed by atoms with Crippen molar-refractivity contribution in [1.82, 2.24) is 15.2 Å². The van der Waals surface area contributed by atoms with E-state index in [1.165, 1.54) is 4.88 Å². The topological polar surface area (TPSA) is 50.7 Å². The van der Waals surface area contributed by atoms with Crippen LogP contribution in [0.4, 0.5) is 5.82 Å². The molecule has 0 aliphatic carbocycles. The minimum Gasteiger partial charge on any atom is -0.362 e. The Balaban J connectivity index is 2.07. The second kappa shape index (κ2) is 4.74. The van der Waals surface area contributed by atoms with E-state index in [-0.39, 0.29) is 10.4 Å². The van der Waals surface area contributed by atoms with E-state index in [4.69, 9.17) is 23.2 Å². The Hall–Kier alpha value is -0.910. The van der Waals surface area contributed by atoms with Crippen LogP contribution in [-0.2, 0) is 6.54 Å². The summed E-state index contributed by atoms with van der Waals surface area (Å²) in [4.78, 5) is 5.11. The molecule has 0 amide bonds. The summed E-state index contributed by atoms with van der Waals surface area (Å²) in [6, 6.07) is 4.00. The Kier molecular flexibility index (Phi) is 3.35. The van der Waals surface area contributed by atoms with Gasteiger partial charge >= 0.3 is 0 Å². The highest BCUT2D eigenvalue weighted by molar-refractivity contribution is 7.09. The van der Waals surface area contributed by atoms with Crippen LogP contribution in [-0.4, -0.2) is 15.2 Å². The lowest BCUT2D eigenvalue weighted by Gasteiger charge is -2.04. The zero-order chi connectivity index (χ0) is 10.7. The quantitative estimate of drug-likeness (QED) is 0.922. The van der Waals surface area contributed by atoms with Crippen LogP contribution in [0.3, 0.4) is 0 Å². The molecule has 15 heavy (non-hydrogen) atoms. The second-order valence-corrected chi connectivity index (χ2v) is 4.38. The van der Waals surface area contributed by atoms with Gasteiger partial charge in [0, 0.05) is 4.88 Å². The van der Waals surface area contributed by atoms with Crippen LogP contribution in [0, 0.1) is 0 Å². The number of hydrogen-bond acceptors (Lipinski definition) is 5. The number of aromatic nitrogens is 3. The lowest BCUT2D eigenvalue weighted by atomic mass is 10.4. The van der Waals surface area contributed by atoms with Crippen molar-refractivity contribution in [3.8, 4) is 0 Å². The summed E-state index contributed by atoms with van der Waals surface area (Å²) in [6.45, 7) is 0.645. The minimum atomic E-state index is 0.0769. The third-order valence-corrected chi connectivity index (χ3v) is 2.92. The van der Waals surface area contributed by atoms with Gasteiger partial charge in [0.1, 0.15) is 0 Å². The molecule has 0 atom stereocenters. The first-order valence-corrected chi connectivity index (χ1v) is 5.71. The fourth-order valence-corrected chi connectivity index (χ4v) is 1.90. The molecule has 2 rings (SSSR count). The third-order valence-electron chi connectivity index (χ3n) is 1.63. The molecule has 4 nitrogen and oxygen atoms in total. The molecule has 0 radical (unpaired) electrons. The van der Waals surface area contributed by atoms with Crippen LogP contribution in [0.1, 0.15) is 4.88 Å². The molecule has 0 aromatic carbocycles. The summed E-state index contributed by atoms with van der Waals surface area (Å²) in [5.41, 5.74) is 0. The summed E-state index contributed by atoms with van der Waals surface area (Å²) < 4.78 is 0. The van der Waals surface area contributed by atoms with Gasteiger partial charge in [-0.3, -0.25) is 0 Å². The summed E-state index contributed by atoms with van der Waals surface area (Å²) in [5, 5.41) is 12.5. The molecule has 78 valence electrons. The smallest absolute Gasteiger partial charge is 0.245 e. The molecule has 0 aliphatic heterocycles. The van der Waals surface area contributed by atoms with E-state index in [0.717, 1.165) is 0 Å². The Bertz CT molecular complexity index is 446. The van der Waals surface area contributed by atoms with Gasteiger partial charge in [-0.2, -0.15) is 4.98 Å². The standard InChI is InChI=1S/C8H6Cl2N4S/c9-6-7(12-8(10)14-13-6)11-4-5-2-1-3-15-5/h1-3H,4H2,(H,11,12,14). The predicted molar refractivity (Wildman–Crippen MR) is 61.5 cm³/mol. The van der Waals surface area contributed by atoms with Crippen molar-refractivity contribution in [2.75, 3.05) is 5.32 Å². The zero-order valence-electron chi connectivity index (χ0n) is 7.44. The van der Waals surface area contributed by atoms with Crippen molar-refractivity contribution in [3.05, 3.63) is 32.8 Å². The van der Waals surface area contributed by atoms with Gasteiger partial charge in [0.05, 0.1) is 6.54 Å². The van der Waals surface area contributed by atoms with Crippen molar-refractivity contribution in [3.63, 3.8) is 0 Å². The van der Waals surface area contributed by atoms with Gasteiger partial charge in [-0.15, -0.1) is 21.5 Å². The third kappa shape index (κ3) is 2.77. The number of nitrogens with zero attached hydrogens (tertiary/aromatic N) is 3. The number of halogens is 2. The van der Waals surface area contributed by atoms with Crippen LogP contribution < -0.4 is 5.32 Å². The Labute approximate surface area is 100 Å². The first-order chi connectivity index (χ1) is 7.25. The summed E-state index contributed by atoms with van der Waals surface area (Å²) >= 11 is 13.0. The maximum Gasteiger partial charge on any atom is 0.245 e. The van der Waals surface area contributed by atoms with Crippen LogP contribution in [0.25, 0.3) is 0 Å². The molecule has 1 N–H and O–H groups in total. The predicted octanol–water partition coefficient (Wildman–Crippen LogP) is 2.85. The highest BCUT2D eigenvalue weighted by atomic mass is 35.5. The van der Waals surface area contributed by atoms with Gasteiger partial charge in [-0.05, 0) is 23.0 Å². The molecule has 0 unspecified atom stereocenters. The lowest BCUT2D eigenvalue weighted by molar-refractivity contribution is 0.961. The molecule has 2 aromatic rings. The minimum absolute atomic E-state index is 0.0769.